The Balaban J connectivity index is 1.83. The molecule has 0 aromatic heterocycles. The average Bonchev–Trinajstić information content (AvgIpc) is 2.96. The van der Waals surface area contributed by atoms with Gasteiger partial charge in [0.05, 0.1) is 0 Å². The normalized spacial score (nSPS) is 31.0. The zero-order valence-electron chi connectivity index (χ0n) is 14.4. The van der Waals surface area contributed by atoms with Gasteiger partial charge in [0, 0.05) is 0 Å². The summed E-state index contributed by atoms with van der Waals surface area (Å²) in [6.07, 6.45) is 10.5. The molecule has 4 unspecified atom stereocenters. The van der Waals surface area contributed by atoms with Crippen molar-refractivity contribution in [3.8, 4) is 0 Å². The lowest BCUT2D eigenvalue weighted by Gasteiger charge is -2.38. The molecular formula is C17H34OSi2. The summed E-state index contributed by atoms with van der Waals surface area (Å²) in [6, 6.07) is 1.36. The van der Waals surface area contributed by atoms with Crippen LogP contribution in [0.1, 0.15) is 39.5 Å². The molecule has 2 aliphatic rings. The highest BCUT2D eigenvalue weighted by Gasteiger charge is 2.39. The van der Waals surface area contributed by atoms with Crippen molar-refractivity contribution in [2.75, 3.05) is 0 Å². The Labute approximate surface area is 128 Å². The van der Waals surface area contributed by atoms with Gasteiger partial charge in [-0.2, -0.15) is 0 Å². The molecule has 20 heavy (non-hydrogen) atoms. The second-order valence-electron chi connectivity index (χ2n) is 8.35. The standard InChI is InChI=1S/C17H34OSi2/c1-7-14(2)20(5,6)18-19(3,4)11-10-17-13-15-8-9-16(17)12-15/h8-9,14-17H,7,10-13H2,1-6H3. The lowest BCUT2D eigenvalue weighted by Crippen LogP contribution is -2.46. The zero-order chi connectivity index (χ0) is 15.0. The smallest absolute Gasteiger partial charge is 0.176 e. The second-order valence-corrected chi connectivity index (χ2v) is 17.4. The Hall–Kier alpha value is 0.134. The lowest BCUT2D eigenvalue weighted by molar-refractivity contribution is 0.420. The third kappa shape index (κ3) is 3.86. The molecule has 0 heterocycles. The molecule has 1 fully saturated rings. The van der Waals surface area contributed by atoms with Crippen LogP contribution in [0.15, 0.2) is 12.2 Å². The van der Waals surface area contributed by atoms with Crippen molar-refractivity contribution in [3.05, 3.63) is 12.2 Å². The molecule has 2 bridgehead atoms. The van der Waals surface area contributed by atoms with E-state index in [9.17, 15) is 0 Å². The van der Waals surface area contributed by atoms with Crippen LogP contribution in [0.25, 0.3) is 0 Å². The number of allylic oxidation sites excluding steroid dienone is 2. The minimum Gasteiger partial charge on any atom is -0.455 e. The molecule has 2 aliphatic carbocycles. The summed E-state index contributed by atoms with van der Waals surface area (Å²) in [6.45, 7) is 14.4. The summed E-state index contributed by atoms with van der Waals surface area (Å²) in [5, 5.41) is 0. The molecule has 4 atom stereocenters. The first-order valence-electron chi connectivity index (χ1n) is 8.62. The van der Waals surface area contributed by atoms with Crippen molar-refractivity contribution in [1.82, 2.24) is 0 Å². The fourth-order valence-electron chi connectivity index (χ4n) is 4.11. The molecule has 1 nitrogen and oxygen atoms in total. The van der Waals surface area contributed by atoms with Crippen LogP contribution in [0, 0.1) is 17.8 Å². The molecule has 0 aromatic carbocycles. The predicted octanol–water partition coefficient (Wildman–Crippen LogP) is 5.82. The van der Waals surface area contributed by atoms with Crippen LogP contribution in [0.2, 0.25) is 37.8 Å². The molecule has 0 aromatic rings. The molecule has 0 N–H and O–H groups in total. The molecule has 0 radical (unpaired) electrons. The lowest BCUT2D eigenvalue weighted by atomic mass is 9.91. The Bertz CT molecular complexity index is 362. The van der Waals surface area contributed by atoms with Crippen molar-refractivity contribution in [1.29, 1.82) is 0 Å². The summed E-state index contributed by atoms with van der Waals surface area (Å²) in [7, 11) is -2.96. The van der Waals surface area contributed by atoms with Gasteiger partial charge in [-0.3, -0.25) is 0 Å². The van der Waals surface area contributed by atoms with Crippen molar-refractivity contribution in [3.63, 3.8) is 0 Å². The highest BCUT2D eigenvalue weighted by Crippen LogP contribution is 2.46. The van der Waals surface area contributed by atoms with Gasteiger partial charge in [-0.1, -0.05) is 38.8 Å². The summed E-state index contributed by atoms with van der Waals surface area (Å²) < 4.78 is 6.78. The molecule has 2 rings (SSSR count). The van der Waals surface area contributed by atoms with E-state index in [1.54, 1.807) is 0 Å². The van der Waals surface area contributed by atoms with E-state index < -0.39 is 16.6 Å². The van der Waals surface area contributed by atoms with Crippen LogP contribution in [0.4, 0.5) is 0 Å². The molecule has 0 spiro atoms. The van der Waals surface area contributed by atoms with E-state index in [0.29, 0.717) is 0 Å². The van der Waals surface area contributed by atoms with E-state index in [2.05, 4.69) is 52.2 Å². The molecule has 0 aliphatic heterocycles. The van der Waals surface area contributed by atoms with Crippen LogP contribution in [-0.2, 0) is 4.12 Å². The third-order valence-corrected chi connectivity index (χ3v) is 14.5. The second kappa shape index (κ2) is 6.09. The van der Waals surface area contributed by atoms with E-state index >= 15 is 0 Å². The zero-order valence-corrected chi connectivity index (χ0v) is 16.4. The monoisotopic (exact) mass is 310 g/mol. The summed E-state index contributed by atoms with van der Waals surface area (Å²) in [4.78, 5) is 0. The van der Waals surface area contributed by atoms with E-state index in [1.807, 2.05) is 0 Å². The topological polar surface area (TPSA) is 9.23 Å². The quantitative estimate of drug-likeness (QED) is 0.425. The van der Waals surface area contributed by atoms with Gasteiger partial charge in [0.25, 0.3) is 0 Å². The van der Waals surface area contributed by atoms with Gasteiger partial charge in [-0.05, 0) is 68.4 Å². The number of hydrogen-bond donors (Lipinski definition) is 0. The predicted molar refractivity (Wildman–Crippen MR) is 94.0 cm³/mol. The van der Waals surface area contributed by atoms with Gasteiger partial charge in [0.2, 0.25) is 0 Å². The van der Waals surface area contributed by atoms with Gasteiger partial charge in [-0.15, -0.1) is 0 Å². The highest BCUT2D eigenvalue weighted by molar-refractivity contribution is 6.85. The number of hydrogen-bond acceptors (Lipinski definition) is 1. The van der Waals surface area contributed by atoms with Crippen LogP contribution < -0.4 is 0 Å². The fraction of sp³-hybridized carbons (Fsp3) is 0.882. The van der Waals surface area contributed by atoms with E-state index in [1.165, 1.54) is 31.7 Å². The van der Waals surface area contributed by atoms with Crippen molar-refractivity contribution in [2.45, 2.75) is 77.3 Å². The molecular weight excluding hydrogens is 276 g/mol. The van der Waals surface area contributed by atoms with Gasteiger partial charge in [0.15, 0.2) is 16.6 Å². The molecule has 1 saturated carbocycles. The van der Waals surface area contributed by atoms with E-state index in [4.69, 9.17) is 4.12 Å². The first kappa shape index (κ1) is 16.5. The number of fused-ring (bicyclic) bond motifs is 2. The SMILES string of the molecule is CCC(C)[Si](C)(C)O[Si](C)(C)CCC1CC2C=CC1C2. The summed E-state index contributed by atoms with van der Waals surface area (Å²) in [5.74, 6) is 2.79. The maximum atomic E-state index is 6.78. The van der Waals surface area contributed by atoms with E-state index in [-0.39, 0.29) is 0 Å². The van der Waals surface area contributed by atoms with Gasteiger partial charge in [0.1, 0.15) is 0 Å². The molecule has 3 heteroatoms. The summed E-state index contributed by atoms with van der Waals surface area (Å²) in [5.41, 5.74) is 0.778. The third-order valence-electron chi connectivity index (χ3n) is 5.87. The fourth-order valence-corrected chi connectivity index (χ4v) is 13.1. The average molecular weight is 311 g/mol. The van der Waals surface area contributed by atoms with Crippen LogP contribution >= 0.6 is 0 Å². The molecule has 0 amide bonds. The van der Waals surface area contributed by atoms with E-state index in [0.717, 1.165) is 23.3 Å². The van der Waals surface area contributed by atoms with Crippen molar-refractivity contribution < 1.29 is 4.12 Å². The first-order valence-corrected chi connectivity index (χ1v) is 14.7. The first-order chi connectivity index (χ1) is 9.23. The Morgan fingerprint density at radius 3 is 2.35 bits per heavy atom. The Morgan fingerprint density at radius 1 is 1.15 bits per heavy atom. The van der Waals surface area contributed by atoms with Crippen LogP contribution in [-0.4, -0.2) is 16.6 Å². The Morgan fingerprint density at radius 2 is 1.85 bits per heavy atom. The summed E-state index contributed by atoms with van der Waals surface area (Å²) >= 11 is 0. The van der Waals surface area contributed by atoms with Crippen LogP contribution in [0.5, 0.6) is 0 Å². The maximum Gasteiger partial charge on any atom is 0.176 e. The van der Waals surface area contributed by atoms with Gasteiger partial charge in [-0.25, -0.2) is 0 Å². The van der Waals surface area contributed by atoms with Crippen LogP contribution in [0.3, 0.4) is 0 Å². The van der Waals surface area contributed by atoms with Crippen molar-refractivity contribution >= 4 is 16.6 Å². The molecule has 0 saturated heterocycles. The van der Waals surface area contributed by atoms with Gasteiger partial charge < -0.3 is 4.12 Å². The maximum absolute atomic E-state index is 6.78. The Kier molecular flexibility index (Phi) is 5.03. The van der Waals surface area contributed by atoms with Crippen molar-refractivity contribution in [2.24, 2.45) is 17.8 Å². The van der Waals surface area contributed by atoms with Gasteiger partial charge >= 0.3 is 0 Å². The number of rotatable bonds is 7. The minimum atomic E-state index is -1.49. The minimum absolute atomic E-state index is 0.778. The highest BCUT2D eigenvalue weighted by atomic mass is 28.4. The molecule has 116 valence electrons. The largest absolute Gasteiger partial charge is 0.455 e.